The van der Waals surface area contributed by atoms with Gasteiger partial charge in [0.25, 0.3) is 0 Å². The molecule has 0 amide bonds. The molecule has 0 radical (unpaired) electrons. The van der Waals surface area contributed by atoms with Gasteiger partial charge in [-0.1, -0.05) is 60.3 Å². The first-order chi connectivity index (χ1) is 10.0. The molecule has 4 heteroatoms. The predicted molar refractivity (Wildman–Crippen MR) is 94.8 cm³/mol. The smallest absolute Gasteiger partial charge is 0.0481 e. The molecule has 0 aromatic heterocycles. The number of rotatable bonds is 5. The first-order valence-corrected chi connectivity index (χ1v) is 9.11. The molecule has 1 aromatic carbocycles. The number of nitrogens with zero attached hydrogens (tertiary/aromatic N) is 1. The fourth-order valence-corrected chi connectivity index (χ4v) is 4.46. The third kappa shape index (κ3) is 3.82. The average Bonchev–Trinajstić information content (AvgIpc) is 2.51. The molecule has 0 spiro atoms. The largest absolute Gasteiger partial charge is 0.329 e. The van der Waals surface area contributed by atoms with Gasteiger partial charge in [0.05, 0.1) is 0 Å². The SMILES string of the molecule is CCC1(CC)CCN(C(CN)c2ccc(Cl)cc2Br)CC1. The van der Waals surface area contributed by atoms with Gasteiger partial charge in [-0.3, -0.25) is 4.90 Å². The molecule has 21 heavy (non-hydrogen) atoms. The molecule has 1 aliphatic rings. The highest BCUT2D eigenvalue weighted by atomic mass is 79.9. The minimum Gasteiger partial charge on any atom is -0.329 e. The zero-order valence-electron chi connectivity index (χ0n) is 13.0. The summed E-state index contributed by atoms with van der Waals surface area (Å²) in [5.74, 6) is 0. The van der Waals surface area contributed by atoms with E-state index in [0.717, 1.165) is 22.6 Å². The lowest BCUT2D eigenvalue weighted by Crippen LogP contribution is -2.43. The second-order valence-corrected chi connectivity index (χ2v) is 7.45. The Balaban J connectivity index is 2.13. The molecular weight excluding hydrogens is 348 g/mol. The van der Waals surface area contributed by atoms with Gasteiger partial charge < -0.3 is 5.73 Å². The number of piperidine rings is 1. The minimum atomic E-state index is 0.281. The molecule has 0 aliphatic carbocycles. The number of halogens is 2. The molecule has 1 unspecified atom stereocenters. The predicted octanol–water partition coefficient (Wildman–Crippen LogP) is 5.00. The van der Waals surface area contributed by atoms with Crippen molar-refractivity contribution in [1.82, 2.24) is 4.90 Å². The number of likely N-dealkylation sites (tertiary alicyclic amines) is 1. The molecule has 0 bridgehead atoms. The molecule has 2 N–H and O–H groups in total. The van der Waals surface area contributed by atoms with E-state index >= 15 is 0 Å². The van der Waals surface area contributed by atoms with E-state index in [1.165, 1.54) is 31.2 Å². The highest BCUT2D eigenvalue weighted by Gasteiger charge is 2.34. The Morgan fingerprint density at radius 1 is 1.29 bits per heavy atom. The molecule has 118 valence electrons. The lowest BCUT2D eigenvalue weighted by atomic mass is 9.74. The Hall–Kier alpha value is -0.0900. The van der Waals surface area contributed by atoms with Crippen molar-refractivity contribution in [3.8, 4) is 0 Å². The Kier molecular flexibility index (Phi) is 6.13. The van der Waals surface area contributed by atoms with E-state index in [0.29, 0.717) is 12.0 Å². The summed E-state index contributed by atoms with van der Waals surface area (Å²) in [4.78, 5) is 2.54. The first-order valence-electron chi connectivity index (χ1n) is 7.94. The molecule has 2 nitrogen and oxygen atoms in total. The van der Waals surface area contributed by atoms with Gasteiger partial charge in [-0.15, -0.1) is 0 Å². The van der Waals surface area contributed by atoms with Gasteiger partial charge in [-0.05, 0) is 49.0 Å². The fraction of sp³-hybridized carbons (Fsp3) is 0.647. The summed E-state index contributed by atoms with van der Waals surface area (Å²) < 4.78 is 1.06. The standard InChI is InChI=1S/C17H26BrClN2/c1-3-17(4-2)7-9-21(10-8-17)16(12-20)14-6-5-13(19)11-15(14)18/h5-6,11,16H,3-4,7-10,12,20H2,1-2H3. The molecule has 1 atom stereocenters. The van der Waals surface area contributed by atoms with Crippen molar-refractivity contribution in [2.75, 3.05) is 19.6 Å². The average molecular weight is 374 g/mol. The van der Waals surface area contributed by atoms with Gasteiger partial charge >= 0.3 is 0 Å². The monoisotopic (exact) mass is 372 g/mol. The third-order valence-electron chi connectivity index (χ3n) is 5.34. The van der Waals surface area contributed by atoms with Crippen molar-refractivity contribution in [2.24, 2.45) is 11.1 Å². The maximum Gasteiger partial charge on any atom is 0.0481 e. The van der Waals surface area contributed by atoms with Gasteiger partial charge in [0.1, 0.15) is 0 Å². The van der Waals surface area contributed by atoms with Crippen LogP contribution in [-0.4, -0.2) is 24.5 Å². The Morgan fingerprint density at radius 3 is 2.38 bits per heavy atom. The van der Waals surface area contributed by atoms with Crippen molar-refractivity contribution in [1.29, 1.82) is 0 Å². The van der Waals surface area contributed by atoms with Crippen molar-refractivity contribution < 1.29 is 0 Å². The van der Waals surface area contributed by atoms with Gasteiger partial charge in [0, 0.05) is 22.1 Å². The van der Waals surface area contributed by atoms with Crippen LogP contribution >= 0.6 is 27.5 Å². The third-order valence-corrected chi connectivity index (χ3v) is 6.27. The van der Waals surface area contributed by atoms with Crippen molar-refractivity contribution >= 4 is 27.5 Å². The van der Waals surface area contributed by atoms with E-state index in [9.17, 15) is 0 Å². The van der Waals surface area contributed by atoms with Crippen LogP contribution in [0.25, 0.3) is 0 Å². The van der Waals surface area contributed by atoms with E-state index in [-0.39, 0.29) is 6.04 Å². The van der Waals surface area contributed by atoms with E-state index in [4.69, 9.17) is 17.3 Å². The molecule has 0 saturated carbocycles. The normalized spacial score (nSPS) is 20.4. The summed E-state index contributed by atoms with van der Waals surface area (Å²) in [5.41, 5.74) is 7.88. The van der Waals surface area contributed by atoms with Crippen molar-refractivity contribution in [3.05, 3.63) is 33.3 Å². The van der Waals surface area contributed by atoms with Crippen LogP contribution in [0, 0.1) is 5.41 Å². The molecule has 1 saturated heterocycles. The van der Waals surface area contributed by atoms with Gasteiger partial charge in [0.15, 0.2) is 0 Å². The van der Waals surface area contributed by atoms with E-state index < -0.39 is 0 Å². The molecule has 1 fully saturated rings. The van der Waals surface area contributed by atoms with Crippen LogP contribution in [0.1, 0.15) is 51.1 Å². The van der Waals surface area contributed by atoms with Crippen molar-refractivity contribution in [3.63, 3.8) is 0 Å². The summed E-state index contributed by atoms with van der Waals surface area (Å²) in [7, 11) is 0. The fourth-order valence-electron chi connectivity index (χ4n) is 3.51. The van der Waals surface area contributed by atoms with Crippen LogP contribution in [-0.2, 0) is 0 Å². The topological polar surface area (TPSA) is 29.3 Å². The number of hydrogen-bond donors (Lipinski definition) is 1. The van der Waals surface area contributed by atoms with Crippen LogP contribution in [0.3, 0.4) is 0 Å². The summed E-state index contributed by atoms with van der Waals surface area (Å²) in [6, 6.07) is 6.30. The molecule has 1 aromatic rings. The quantitative estimate of drug-likeness (QED) is 0.786. The maximum absolute atomic E-state index is 6.08. The van der Waals surface area contributed by atoms with Crippen LogP contribution in [0.5, 0.6) is 0 Å². The van der Waals surface area contributed by atoms with E-state index in [1.54, 1.807) is 0 Å². The number of nitrogens with two attached hydrogens (primary N) is 1. The first kappa shape index (κ1) is 17.3. The zero-order chi connectivity index (χ0) is 15.5. The number of benzene rings is 1. The van der Waals surface area contributed by atoms with Gasteiger partial charge in [-0.2, -0.15) is 0 Å². The Labute approximate surface area is 142 Å². The Morgan fingerprint density at radius 2 is 1.90 bits per heavy atom. The van der Waals surface area contributed by atoms with E-state index in [1.807, 2.05) is 12.1 Å². The zero-order valence-corrected chi connectivity index (χ0v) is 15.4. The maximum atomic E-state index is 6.08. The van der Waals surface area contributed by atoms with Gasteiger partial charge in [0.2, 0.25) is 0 Å². The highest BCUT2D eigenvalue weighted by molar-refractivity contribution is 9.10. The summed E-state index contributed by atoms with van der Waals surface area (Å²) in [6.07, 6.45) is 5.13. The number of hydrogen-bond acceptors (Lipinski definition) is 2. The van der Waals surface area contributed by atoms with Gasteiger partial charge in [-0.25, -0.2) is 0 Å². The summed E-state index contributed by atoms with van der Waals surface area (Å²) in [6.45, 7) is 7.58. The summed E-state index contributed by atoms with van der Waals surface area (Å²) >= 11 is 9.69. The van der Waals surface area contributed by atoms with E-state index in [2.05, 4.69) is 40.7 Å². The molecule has 2 rings (SSSR count). The van der Waals surface area contributed by atoms with Crippen LogP contribution < -0.4 is 5.73 Å². The molecule has 1 heterocycles. The summed E-state index contributed by atoms with van der Waals surface area (Å²) in [5, 5.41) is 0.760. The lowest BCUT2D eigenvalue weighted by molar-refractivity contribution is 0.0678. The van der Waals surface area contributed by atoms with Crippen LogP contribution in [0.4, 0.5) is 0 Å². The second kappa shape index (κ2) is 7.45. The Bertz CT molecular complexity index is 464. The van der Waals surface area contributed by atoms with Crippen LogP contribution in [0.15, 0.2) is 22.7 Å². The highest BCUT2D eigenvalue weighted by Crippen LogP contribution is 2.40. The second-order valence-electron chi connectivity index (χ2n) is 6.16. The minimum absolute atomic E-state index is 0.281. The molecule has 1 aliphatic heterocycles. The lowest BCUT2D eigenvalue weighted by Gasteiger charge is -2.44. The van der Waals surface area contributed by atoms with Crippen LogP contribution in [0.2, 0.25) is 5.02 Å². The molecular formula is C17H26BrClN2. The van der Waals surface area contributed by atoms with Crippen molar-refractivity contribution in [2.45, 2.75) is 45.6 Å².